The molecule has 0 bridgehead atoms. The number of benzene rings is 1. The molecular formula is C9H10N2O2. The van der Waals surface area contributed by atoms with Gasteiger partial charge in [-0.3, -0.25) is 4.79 Å². The fourth-order valence-corrected chi connectivity index (χ4v) is 1.46. The van der Waals surface area contributed by atoms with Crippen LogP contribution in [0, 0.1) is 0 Å². The van der Waals surface area contributed by atoms with Crippen molar-refractivity contribution in [2.75, 3.05) is 11.1 Å². The van der Waals surface area contributed by atoms with Crippen LogP contribution in [0.1, 0.15) is 12.5 Å². The first-order valence-corrected chi connectivity index (χ1v) is 3.95. The van der Waals surface area contributed by atoms with Gasteiger partial charge in [0, 0.05) is 16.9 Å². The van der Waals surface area contributed by atoms with Crippen molar-refractivity contribution < 1.29 is 9.90 Å². The van der Waals surface area contributed by atoms with Gasteiger partial charge in [-0.1, -0.05) is 6.07 Å². The quantitative estimate of drug-likeness (QED) is 0.504. The number of amides is 1. The number of fused-ring (bicyclic) bond motifs is 1. The standard InChI is InChI=1S/C9H10N2O2/c1-9(13)6-3-2-5(10)4-7(6)11-8(9)12/h2-4,13H,10H2,1H3,(H,11,12). The monoisotopic (exact) mass is 178 g/mol. The lowest BCUT2D eigenvalue weighted by Gasteiger charge is -2.13. The largest absolute Gasteiger partial charge is 0.399 e. The molecule has 1 aliphatic heterocycles. The third-order valence-electron chi connectivity index (χ3n) is 2.26. The number of hydrogen-bond acceptors (Lipinski definition) is 3. The zero-order valence-electron chi connectivity index (χ0n) is 7.16. The Morgan fingerprint density at radius 1 is 1.54 bits per heavy atom. The first kappa shape index (κ1) is 8.07. The summed E-state index contributed by atoms with van der Waals surface area (Å²) in [5.74, 6) is -0.409. The molecule has 4 nitrogen and oxygen atoms in total. The molecule has 1 unspecified atom stereocenters. The van der Waals surface area contributed by atoms with Crippen LogP contribution in [0.3, 0.4) is 0 Å². The molecule has 1 aliphatic rings. The molecule has 0 radical (unpaired) electrons. The number of nitrogens with two attached hydrogens (primary N) is 1. The van der Waals surface area contributed by atoms with E-state index in [1.807, 2.05) is 0 Å². The molecule has 1 amide bonds. The number of hydrogen-bond donors (Lipinski definition) is 3. The molecule has 68 valence electrons. The zero-order chi connectivity index (χ0) is 9.64. The van der Waals surface area contributed by atoms with E-state index >= 15 is 0 Å². The highest BCUT2D eigenvalue weighted by molar-refractivity contribution is 6.04. The average Bonchev–Trinajstić information content (AvgIpc) is 2.23. The summed E-state index contributed by atoms with van der Waals surface area (Å²) in [6, 6.07) is 4.95. The second-order valence-electron chi connectivity index (χ2n) is 3.33. The van der Waals surface area contributed by atoms with Crippen LogP contribution >= 0.6 is 0 Å². The van der Waals surface area contributed by atoms with E-state index in [0.29, 0.717) is 16.9 Å². The number of nitrogens with one attached hydrogen (secondary N) is 1. The maximum Gasteiger partial charge on any atom is 0.260 e. The molecule has 1 aromatic rings. The molecule has 4 heteroatoms. The molecule has 0 saturated heterocycles. The van der Waals surface area contributed by atoms with E-state index in [2.05, 4.69) is 5.32 Å². The van der Waals surface area contributed by atoms with Crippen LogP contribution < -0.4 is 11.1 Å². The number of aliphatic hydroxyl groups is 1. The lowest BCUT2D eigenvalue weighted by molar-refractivity contribution is -0.131. The van der Waals surface area contributed by atoms with E-state index in [0.717, 1.165) is 0 Å². The van der Waals surface area contributed by atoms with Gasteiger partial charge in [0.15, 0.2) is 5.60 Å². The molecule has 0 aromatic heterocycles. The highest BCUT2D eigenvalue weighted by atomic mass is 16.3. The molecular weight excluding hydrogens is 168 g/mol. The molecule has 2 rings (SSSR count). The normalized spacial score (nSPS) is 25.5. The van der Waals surface area contributed by atoms with Crippen LogP contribution in [0.2, 0.25) is 0 Å². The van der Waals surface area contributed by atoms with Crippen molar-refractivity contribution in [3.8, 4) is 0 Å². The Kier molecular flexibility index (Phi) is 1.38. The minimum Gasteiger partial charge on any atom is -0.399 e. The van der Waals surface area contributed by atoms with Crippen LogP contribution in [0.4, 0.5) is 11.4 Å². The van der Waals surface area contributed by atoms with Gasteiger partial charge in [-0.25, -0.2) is 0 Å². The van der Waals surface area contributed by atoms with Crippen molar-refractivity contribution in [3.63, 3.8) is 0 Å². The minimum atomic E-state index is -1.43. The molecule has 0 saturated carbocycles. The van der Waals surface area contributed by atoms with E-state index in [-0.39, 0.29) is 0 Å². The first-order valence-electron chi connectivity index (χ1n) is 3.95. The second kappa shape index (κ2) is 2.23. The minimum absolute atomic E-state index is 0.409. The summed E-state index contributed by atoms with van der Waals surface area (Å²) in [5, 5.41) is 12.3. The molecule has 1 heterocycles. The average molecular weight is 178 g/mol. The predicted molar refractivity (Wildman–Crippen MR) is 49.1 cm³/mol. The Morgan fingerprint density at radius 2 is 2.23 bits per heavy atom. The van der Waals surface area contributed by atoms with Gasteiger partial charge in [0.1, 0.15) is 0 Å². The number of carbonyl (C=O) groups excluding carboxylic acids is 1. The maximum atomic E-state index is 11.3. The molecule has 0 spiro atoms. The fourth-order valence-electron chi connectivity index (χ4n) is 1.46. The van der Waals surface area contributed by atoms with Gasteiger partial charge in [-0.2, -0.15) is 0 Å². The summed E-state index contributed by atoms with van der Waals surface area (Å²) in [4.78, 5) is 11.3. The first-order chi connectivity index (χ1) is 6.01. The number of anilines is 2. The molecule has 13 heavy (non-hydrogen) atoms. The van der Waals surface area contributed by atoms with E-state index in [1.165, 1.54) is 6.92 Å². The smallest absolute Gasteiger partial charge is 0.260 e. The maximum absolute atomic E-state index is 11.3. The third-order valence-corrected chi connectivity index (χ3v) is 2.26. The van der Waals surface area contributed by atoms with Gasteiger partial charge in [0.25, 0.3) is 5.91 Å². The Hall–Kier alpha value is -1.55. The lowest BCUT2D eigenvalue weighted by atomic mass is 9.98. The van der Waals surface area contributed by atoms with Crippen molar-refractivity contribution in [1.82, 2.24) is 0 Å². The van der Waals surface area contributed by atoms with E-state index in [1.54, 1.807) is 18.2 Å². The lowest BCUT2D eigenvalue weighted by Crippen LogP contribution is -2.30. The van der Waals surface area contributed by atoms with Gasteiger partial charge in [0.05, 0.1) is 0 Å². The molecule has 0 aliphatic carbocycles. The van der Waals surface area contributed by atoms with E-state index in [4.69, 9.17) is 5.73 Å². The summed E-state index contributed by atoms with van der Waals surface area (Å²) in [7, 11) is 0. The highest BCUT2D eigenvalue weighted by Gasteiger charge is 2.40. The van der Waals surface area contributed by atoms with Gasteiger partial charge in [-0.15, -0.1) is 0 Å². The number of nitrogen functional groups attached to an aromatic ring is 1. The summed E-state index contributed by atoms with van der Waals surface area (Å²) in [5.41, 5.74) is 5.84. The van der Waals surface area contributed by atoms with E-state index < -0.39 is 11.5 Å². The van der Waals surface area contributed by atoms with Crippen LogP contribution in [-0.4, -0.2) is 11.0 Å². The number of carbonyl (C=O) groups is 1. The van der Waals surface area contributed by atoms with Crippen LogP contribution in [0.15, 0.2) is 18.2 Å². The Balaban J connectivity index is 2.62. The third kappa shape index (κ3) is 0.990. The van der Waals surface area contributed by atoms with Gasteiger partial charge < -0.3 is 16.2 Å². The zero-order valence-corrected chi connectivity index (χ0v) is 7.16. The van der Waals surface area contributed by atoms with Crippen molar-refractivity contribution in [2.45, 2.75) is 12.5 Å². The summed E-state index contributed by atoms with van der Waals surface area (Å²) in [6.45, 7) is 1.46. The van der Waals surface area contributed by atoms with Crippen LogP contribution in [0.25, 0.3) is 0 Å². The molecule has 4 N–H and O–H groups in total. The Labute approximate surface area is 75.4 Å². The fraction of sp³-hybridized carbons (Fsp3) is 0.222. The molecule has 1 atom stereocenters. The molecule has 1 aromatic carbocycles. The van der Waals surface area contributed by atoms with Crippen molar-refractivity contribution in [1.29, 1.82) is 0 Å². The van der Waals surface area contributed by atoms with Crippen LogP contribution in [0.5, 0.6) is 0 Å². The SMILES string of the molecule is CC1(O)C(=O)Nc2cc(N)ccc21. The summed E-state index contributed by atoms with van der Waals surface area (Å²) >= 11 is 0. The van der Waals surface area contributed by atoms with Gasteiger partial charge in [-0.05, 0) is 19.1 Å². The van der Waals surface area contributed by atoms with Crippen molar-refractivity contribution in [2.24, 2.45) is 0 Å². The van der Waals surface area contributed by atoms with E-state index in [9.17, 15) is 9.90 Å². The topological polar surface area (TPSA) is 75.3 Å². The Bertz CT molecular complexity index is 385. The Morgan fingerprint density at radius 3 is 2.92 bits per heavy atom. The predicted octanol–water partition coefficient (Wildman–Crippen LogP) is 0.428. The van der Waals surface area contributed by atoms with Crippen LogP contribution in [-0.2, 0) is 10.4 Å². The number of rotatable bonds is 0. The van der Waals surface area contributed by atoms with Crippen molar-refractivity contribution in [3.05, 3.63) is 23.8 Å². The summed E-state index contributed by atoms with van der Waals surface area (Å²) < 4.78 is 0. The summed E-state index contributed by atoms with van der Waals surface area (Å²) in [6.07, 6.45) is 0. The van der Waals surface area contributed by atoms with Gasteiger partial charge >= 0.3 is 0 Å². The van der Waals surface area contributed by atoms with Crippen molar-refractivity contribution >= 4 is 17.3 Å². The molecule has 0 fully saturated rings. The van der Waals surface area contributed by atoms with Gasteiger partial charge in [0.2, 0.25) is 0 Å². The highest BCUT2D eigenvalue weighted by Crippen LogP contribution is 2.36. The second-order valence-corrected chi connectivity index (χ2v) is 3.33.